The molecule has 2 aromatic heterocycles. The first-order valence-corrected chi connectivity index (χ1v) is 16.1. The van der Waals surface area contributed by atoms with E-state index in [1.54, 1.807) is 48.5 Å². The van der Waals surface area contributed by atoms with Crippen molar-refractivity contribution in [2.24, 2.45) is 0 Å². The van der Waals surface area contributed by atoms with Crippen molar-refractivity contribution in [1.29, 1.82) is 0 Å². The largest absolute Gasteiger partial charge is 0.534 e. The van der Waals surface area contributed by atoms with Crippen LogP contribution in [0.3, 0.4) is 0 Å². The lowest BCUT2D eigenvalue weighted by Crippen LogP contribution is -2.29. The van der Waals surface area contributed by atoms with Gasteiger partial charge in [-0.2, -0.15) is 36.5 Å². The van der Waals surface area contributed by atoms with Crippen LogP contribution < -0.4 is 19.2 Å². The number of H-pyrrole nitrogens is 1. The van der Waals surface area contributed by atoms with Crippen molar-refractivity contribution in [3.63, 3.8) is 0 Å². The van der Waals surface area contributed by atoms with Crippen LogP contribution in [0.2, 0.25) is 0 Å². The Kier molecular flexibility index (Phi) is 11.2. The molecule has 0 saturated heterocycles. The smallest absolute Gasteiger partial charge is 0.465 e. The predicted octanol–water partition coefficient (Wildman–Crippen LogP) is 4.29. The maximum atomic E-state index is 12.6. The molecule has 2 aliphatic rings. The van der Waals surface area contributed by atoms with E-state index in [0.717, 1.165) is 12.8 Å². The summed E-state index contributed by atoms with van der Waals surface area (Å²) in [5.41, 5.74) is -6.96. The predicted molar refractivity (Wildman–Crippen MR) is 159 cm³/mol. The molecule has 2 fully saturated rings. The third kappa shape index (κ3) is 11.7. The minimum Gasteiger partial charge on any atom is -0.465 e. The molecule has 2 saturated carbocycles. The Morgan fingerprint density at radius 2 is 1.21 bits per heavy atom. The van der Waals surface area contributed by atoms with Crippen LogP contribution in [0.25, 0.3) is 0 Å². The van der Waals surface area contributed by atoms with Gasteiger partial charge in [0.2, 0.25) is 17.6 Å². The number of carbonyl (C=O) groups is 2. The third-order valence-electron chi connectivity index (χ3n) is 6.07. The summed E-state index contributed by atoms with van der Waals surface area (Å²) in [6.07, 6.45) is 3.44. The fourth-order valence-corrected chi connectivity index (χ4v) is 4.07. The number of alkyl halides is 3. The lowest BCUT2D eigenvalue weighted by atomic mass is 10.2. The van der Waals surface area contributed by atoms with E-state index in [1.807, 2.05) is 0 Å². The zero-order valence-electron chi connectivity index (χ0n) is 27.4. The molecule has 4 rings (SSSR count). The number of ether oxygens (including phenoxy) is 4. The van der Waals surface area contributed by atoms with Gasteiger partial charge >= 0.3 is 27.6 Å². The lowest BCUT2D eigenvalue weighted by molar-refractivity contribution is -0.158. The van der Waals surface area contributed by atoms with E-state index >= 15 is 0 Å². The Bertz CT molecular complexity index is 1640. The number of aromatic nitrogens is 4. The number of aromatic amines is 1. The summed E-state index contributed by atoms with van der Waals surface area (Å²) in [5, 5.41) is 0. The Balaban J connectivity index is 0.000000267. The summed E-state index contributed by atoms with van der Waals surface area (Å²) in [6.45, 7) is 12.3. The van der Waals surface area contributed by atoms with E-state index in [1.165, 1.54) is 6.92 Å². The zero-order valence-corrected chi connectivity index (χ0v) is 28.2. The first kappa shape index (κ1) is 37.5. The molecule has 0 bridgehead atoms. The molecule has 0 amide bonds. The average Bonchev–Trinajstić information content (AvgIpc) is 3.81. The van der Waals surface area contributed by atoms with Gasteiger partial charge in [0.15, 0.2) is 13.2 Å². The SMILES string of the molecule is Cc1c(OCC(=O)OC(C)(C)C)nc(C2CC2)[nH]c1=O.Cc1c(OCC(=O)OC(C)(C)C)nc(C2CC2)nc1OS(=O)(=O)C(F)(F)F. The highest BCUT2D eigenvalue weighted by atomic mass is 32.2. The Morgan fingerprint density at radius 3 is 1.64 bits per heavy atom. The van der Waals surface area contributed by atoms with E-state index in [0.29, 0.717) is 30.1 Å². The van der Waals surface area contributed by atoms with Crippen molar-refractivity contribution >= 4 is 22.1 Å². The van der Waals surface area contributed by atoms with Crippen molar-refractivity contribution < 1.29 is 54.3 Å². The molecule has 2 aliphatic carbocycles. The van der Waals surface area contributed by atoms with Crippen molar-refractivity contribution in [2.45, 2.75) is 110 Å². The molecule has 2 aromatic rings. The zero-order chi connectivity index (χ0) is 35.5. The number of rotatable bonds is 10. The van der Waals surface area contributed by atoms with Gasteiger partial charge in [0, 0.05) is 11.8 Å². The lowest BCUT2D eigenvalue weighted by Gasteiger charge is -2.20. The van der Waals surface area contributed by atoms with Gasteiger partial charge in [-0.15, -0.1) is 0 Å². The summed E-state index contributed by atoms with van der Waals surface area (Å²) < 4.78 is 85.2. The fourth-order valence-electron chi connectivity index (χ4n) is 3.60. The van der Waals surface area contributed by atoms with Gasteiger partial charge in [-0.1, -0.05) is 0 Å². The van der Waals surface area contributed by atoms with Crippen LogP contribution >= 0.6 is 0 Å². The molecular formula is C29H39F3N4O10S. The second-order valence-electron chi connectivity index (χ2n) is 13.0. The van der Waals surface area contributed by atoms with Crippen LogP contribution in [0.15, 0.2) is 4.79 Å². The number of carbonyl (C=O) groups excluding carboxylic acids is 2. The van der Waals surface area contributed by atoms with Crippen molar-refractivity contribution in [2.75, 3.05) is 13.2 Å². The van der Waals surface area contributed by atoms with Gasteiger partial charge in [0.25, 0.3) is 5.56 Å². The number of hydrogen-bond acceptors (Lipinski definition) is 13. The van der Waals surface area contributed by atoms with Crippen LogP contribution in [0.5, 0.6) is 17.6 Å². The second kappa shape index (κ2) is 14.0. The van der Waals surface area contributed by atoms with Crippen molar-refractivity contribution in [3.8, 4) is 17.6 Å². The first-order chi connectivity index (χ1) is 21.5. The minimum absolute atomic E-state index is 0.0900. The van der Waals surface area contributed by atoms with Gasteiger partial charge in [-0.25, -0.2) is 9.59 Å². The van der Waals surface area contributed by atoms with Gasteiger partial charge in [-0.3, -0.25) is 4.79 Å². The van der Waals surface area contributed by atoms with E-state index in [2.05, 4.69) is 24.1 Å². The van der Waals surface area contributed by atoms with E-state index in [9.17, 15) is 36.0 Å². The highest BCUT2D eigenvalue weighted by Gasteiger charge is 2.49. The Morgan fingerprint density at radius 1 is 0.766 bits per heavy atom. The van der Waals surface area contributed by atoms with Crippen LogP contribution in [-0.2, 0) is 29.2 Å². The molecule has 0 radical (unpaired) electrons. The summed E-state index contributed by atoms with van der Waals surface area (Å²) in [4.78, 5) is 50.0. The monoisotopic (exact) mass is 692 g/mol. The minimum atomic E-state index is -5.90. The molecule has 14 nitrogen and oxygen atoms in total. The second-order valence-corrected chi connectivity index (χ2v) is 14.5. The summed E-state index contributed by atoms with van der Waals surface area (Å²) in [7, 11) is -5.90. The molecule has 262 valence electrons. The third-order valence-corrected chi connectivity index (χ3v) is 7.02. The molecule has 1 N–H and O–H groups in total. The highest BCUT2D eigenvalue weighted by Crippen LogP contribution is 2.41. The van der Waals surface area contributed by atoms with Gasteiger partial charge in [-0.05, 0) is 81.1 Å². The highest BCUT2D eigenvalue weighted by molar-refractivity contribution is 7.87. The molecule has 18 heteroatoms. The average molecular weight is 693 g/mol. The van der Waals surface area contributed by atoms with Gasteiger partial charge < -0.3 is 28.1 Å². The van der Waals surface area contributed by atoms with Crippen LogP contribution in [0.4, 0.5) is 13.2 Å². The molecule has 0 aliphatic heterocycles. The number of hydrogen-bond donors (Lipinski definition) is 1. The Labute approximate surface area is 269 Å². The molecule has 0 spiro atoms. The molecule has 47 heavy (non-hydrogen) atoms. The number of nitrogens with one attached hydrogen (secondary N) is 1. The van der Waals surface area contributed by atoms with Crippen LogP contribution in [0, 0.1) is 13.8 Å². The number of halogens is 3. The van der Waals surface area contributed by atoms with Crippen molar-refractivity contribution in [1.82, 2.24) is 19.9 Å². The molecule has 0 atom stereocenters. The first-order valence-electron chi connectivity index (χ1n) is 14.6. The van der Waals surface area contributed by atoms with E-state index in [-0.39, 0.29) is 41.2 Å². The quantitative estimate of drug-likeness (QED) is 0.211. The van der Waals surface area contributed by atoms with E-state index in [4.69, 9.17) is 18.9 Å². The van der Waals surface area contributed by atoms with Gasteiger partial charge in [0.1, 0.15) is 22.9 Å². The van der Waals surface area contributed by atoms with Crippen molar-refractivity contribution in [3.05, 3.63) is 33.1 Å². The van der Waals surface area contributed by atoms with Gasteiger partial charge in [0.05, 0.1) is 11.1 Å². The standard InChI is InChI=1S/C15H19F3N2O6S.C14H20N2O4/c1-8-12(24-7-10(21)25-14(2,3)4)19-11(9-5-6-9)20-13(8)26-27(22,23)15(16,17)18;1-8-12(18)15-11(9-5-6-9)16-13(8)19-7-10(17)20-14(2,3)4/h9H,5-7H2,1-4H3;9H,5-7H2,1-4H3,(H,15,16,18). The Hall–Kier alpha value is -3.96. The molecule has 0 aromatic carbocycles. The van der Waals surface area contributed by atoms with E-state index < -0.39 is 51.3 Å². The topological polar surface area (TPSA) is 186 Å². The maximum Gasteiger partial charge on any atom is 0.534 e. The summed E-state index contributed by atoms with van der Waals surface area (Å²) in [6, 6.07) is 0. The number of nitrogens with zero attached hydrogens (tertiary/aromatic N) is 3. The van der Waals surface area contributed by atoms with Crippen LogP contribution in [-0.4, -0.2) is 70.2 Å². The maximum absolute atomic E-state index is 12.6. The summed E-state index contributed by atoms with van der Waals surface area (Å²) in [5.74, 6) is -1.12. The summed E-state index contributed by atoms with van der Waals surface area (Å²) >= 11 is 0. The molecule has 0 unspecified atom stereocenters. The van der Waals surface area contributed by atoms with Crippen LogP contribution in [0.1, 0.15) is 102 Å². The normalized spacial score (nSPS) is 15.2. The molecule has 2 heterocycles. The fraction of sp³-hybridized carbons (Fsp3) is 0.655. The number of esters is 2. The molecular weight excluding hydrogens is 653 g/mol.